The summed E-state index contributed by atoms with van der Waals surface area (Å²) in [4.78, 5) is 4.49. The molecule has 90 heavy (non-hydrogen) atoms. The van der Waals surface area contributed by atoms with Crippen molar-refractivity contribution in [2.75, 3.05) is 9.80 Å². The van der Waals surface area contributed by atoms with E-state index < -0.39 is 0 Å². The zero-order valence-electron chi connectivity index (χ0n) is 48.8. The van der Waals surface area contributed by atoms with Gasteiger partial charge >= 0.3 is 15.4 Å². The summed E-state index contributed by atoms with van der Waals surface area (Å²) in [5.74, 6) is 1.14. The maximum Gasteiger partial charge on any atom is 0.569 e. The highest BCUT2D eigenvalue weighted by molar-refractivity contribution is 6.17. The van der Waals surface area contributed by atoms with Gasteiger partial charge in [0.25, 0.3) is 0 Å². The van der Waals surface area contributed by atoms with Crippen molar-refractivity contribution >= 4 is 115 Å². The van der Waals surface area contributed by atoms with E-state index in [0.29, 0.717) is 26.9 Å². The lowest BCUT2D eigenvalue weighted by atomic mass is 10.0. The van der Waals surface area contributed by atoms with E-state index in [-0.39, 0.29) is 0 Å². The van der Waals surface area contributed by atoms with Gasteiger partial charge < -0.3 is 38.3 Å². The van der Waals surface area contributed by atoms with Crippen LogP contribution in [0.3, 0.4) is 0 Å². The van der Waals surface area contributed by atoms with E-state index in [0.717, 1.165) is 62.0 Å². The summed E-state index contributed by atoms with van der Waals surface area (Å²) in [5, 5.41) is 27.8. The number of benzene rings is 14. The van der Waals surface area contributed by atoms with Gasteiger partial charge in [-0.15, -0.1) is 0 Å². The summed E-state index contributed by atoms with van der Waals surface area (Å²) >= 11 is 0. The molecule has 0 aliphatic carbocycles. The van der Waals surface area contributed by atoms with Crippen molar-refractivity contribution < 1.29 is 19.4 Å². The molecule has 0 unspecified atom stereocenters. The molecule has 426 valence electrons. The van der Waals surface area contributed by atoms with Crippen molar-refractivity contribution in [3.8, 4) is 45.1 Å². The van der Waals surface area contributed by atoms with Crippen LogP contribution in [0.15, 0.2) is 328 Å². The molecule has 0 aliphatic rings. The first-order valence-corrected chi connectivity index (χ1v) is 30.0. The molecule has 2 radical (unpaired) electrons. The maximum absolute atomic E-state index is 9.10. The molecule has 2 heterocycles. The Kier molecular flexibility index (Phi) is 14.9. The van der Waals surface area contributed by atoms with E-state index in [1.165, 1.54) is 70.9 Å². The summed E-state index contributed by atoms with van der Waals surface area (Å²) in [5.41, 5.74) is 17.9. The number of anilines is 6. The van der Waals surface area contributed by atoms with Crippen molar-refractivity contribution in [2.24, 2.45) is 0 Å². The van der Waals surface area contributed by atoms with Gasteiger partial charge in [0, 0.05) is 66.7 Å². The van der Waals surface area contributed by atoms with Crippen LogP contribution in [-0.4, -0.2) is 34.6 Å². The van der Waals surface area contributed by atoms with Gasteiger partial charge in [0.1, 0.15) is 11.5 Å². The molecular formula is C80H56B2N4O4. The fourth-order valence-corrected chi connectivity index (χ4v) is 12.7. The minimum Gasteiger partial charge on any atom is -0.537 e. The van der Waals surface area contributed by atoms with E-state index in [9.17, 15) is 0 Å². The summed E-state index contributed by atoms with van der Waals surface area (Å²) in [6, 6.07) is 115. The van der Waals surface area contributed by atoms with Crippen molar-refractivity contribution in [3.63, 3.8) is 0 Å². The predicted octanol–water partition coefficient (Wildman–Crippen LogP) is 20.0. The summed E-state index contributed by atoms with van der Waals surface area (Å²) in [6.45, 7) is 0. The highest BCUT2D eigenvalue weighted by Crippen LogP contribution is 2.43. The molecule has 2 aromatic heterocycles. The molecule has 0 fully saturated rings. The first kappa shape index (κ1) is 55.1. The molecule has 8 nitrogen and oxygen atoms in total. The number of fused-ring (bicyclic) bond motifs is 8. The van der Waals surface area contributed by atoms with Gasteiger partial charge in [0.15, 0.2) is 0 Å². The van der Waals surface area contributed by atoms with Gasteiger partial charge in [-0.2, -0.15) is 0 Å². The molecule has 14 aromatic carbocycles. The second-order valence-electron chi connectivity index (χ2n) is 22.1. The van der Waals surface area contributed by atoms with E-state index in [2.05, 4.69) is 298 Å². The third-order valence-corrected chi connectivity index (χ3v) is 16.9. The Hall–Kier alpha value is -11.6. The van der Waals surface area contributed by atoms with Crippen LogP contribution in [0.1, 0.15) is 0 Å². The highest BCUT2D eigenvalue weighted by Gasteiger charge is 2.20. The van der Waals surface area contributed by atoms with Crippen LogP contribution in [0.5, 0.6) is 11.5 Å². The maximum atomic E-state index is 9.10. The Labute approximate surface area is 522 Å². The topological polar surface area (TPSA) is 75.3 Å². The Morgan fingerprint density at radius 1 is 0.256 bits per heavy atom. The zero-order chi connectivity index (χ0) is 60.3. The Morgan fingerprint density at radius 3 is 1.13 bits per heavy atom. The van der Waals surface area contributed by atoms with Crippen LogP contribution in [0.4, 0.5) is 34.1 Å². The lowest BCUT2D eigenvalue weighted by Gasteiger charge is -2.27. The average molecular weight is 1160 g/mol. The number of para-hydroxylation sites is 4. The van der Waals surface area contributed by atoms with Crippen molar-refractivity contribution in [1.29, 1.82) is 0 Å². The van der Waals surface area contributed by atoms with Crippen molar-refractivity contribution in [2.45, 2.75) is 0 Å². The molecule has 16 aromatic rings. The van der Waals surface area contributed by atoms with Crippen molar-refractivity contribution in [3.05, 3.63) is 328 Å². The molecule has 0 atom stereocenters. The third-order valence-electron chi connectivity index (χ3n) is 16.9. The van der Waals surface area contributed by atoms with Crippen LogP contribution < -0.4 is 19.1 Å². The first-order chi connectivity index (χ1) is 44.5. The lowest BCUT2D eigenvalue weighted by molar-refractivity contribution is 0.453. The monoisotopic (exact) mass is 1160 g/mol. The Balaban J connectivity index is 0.000000150. The summed E-state index contributed by atoms with van der Waals surface area (Å²) in [7, 11) is 1.40. The molecule has 2 N–H and O–H groups in total. The van der Waals surface area contributed by atoms with Crippen molar-refractivity contribution in [1.82, 2.24) is 9.13 Å². The highest BCUT2D eigenvalue weighted by atomic mass is 16.5. The smallest absolute Gasteiger partial charge is 0.537 e. The van der Waals surface area contributed by atoms with Gasteiger partial charge in [-0.05, 0) is 190 Å². The van der Waals surface area contributed by atoms with Gasteiger partial charge in [-0.25, -0.2) is 0 Å². The Morgan fingerprint density at radius 2 is 0.633 bits per heavy atom. The van der Waals surface area contributed by atoms with Gasteiger partial charge in [0.2, 0.25) is 0 Å². The summed E-state index contributed by atoms with van der Waals surface area (Å²) < 4.78 is 15.0. The molecule has 0 amide bonds. The second kappa shape index (κ2) is 24.3. The molecule has 10 heteroatoms. The minimum atomic E-state index is 0.568. The van der Waals surface area contributed by atoms with Gasteiger partial charge in [-0.3, -0.25) is 0 Å². The normalized spacial score (nSPS) is 11.2. The molecule has 16 rings (SSSR count). The van der Waals surface area contributed by atoms with E-state index in [1.54, 1.807) is 0 Å². The number of nitrogens with zero attached hydrogens (tertiary/aromatic N) is 4. The molecule has 0 spiro atoms. The molecule has 0 saturated carbocycles. The van der Waals surface area contributed by atoms with E-state index >= 15 is 0 Å². The number of hydrogen-bond donors (Lipinski definition) is 2. The number of hydrogen-bond acceptors (Lipinski definition) is 6. The Bertz CT molecular complexity index is 5200. The average Bonchev–Trinajstić information content (AvgIpc) is 1.69. The summed E-state index contributed by atoms with van der Waals surface area (Å²) in [6.07, 6.45) is 0. The van der Waals surface area contributed by atoms with E-state index in [4.69, 9.17) is 19.4 Å². The van der Waals surface area contributed by atoms with Crippen LogP contribution >= 0.6 is 0 Å². The fourth-order valence-electron chi connectivity index (χ4n) is 12.7. The SMILES string of the molecule is O[B]Oc1ccc(N(c2ccc(-c3ccc4c(c3)c3ccccc3n4-c3ccccc3)cc2)c2ccc3ccccc3c2)cc1.O[B]Oc1ccc(N(c2ccc(-c3ccc4c(c3)c3ccccc3n4-c3ccccc3)cc2)c2cccc3ccccc23)cc1. The standard InChI is InChI=1S/2C40H28BN2O2/c44-41-45-34-24-22-33(23-25-34)42(38-16-8-10-29-9-4-5-13-35(29)38)32-20-17-28(18-21-32)30-19-26-40-37(27-30)36-14-6-7-15-39(36)43(40)31-11-2-1-3-12-31;44-41-45-36-23-21-34(22-24-36)42(35-20-16-28-8-4-5-9-30(28)26-35)33-18-14-29(15-19-33)31-17-25-40-38(27-31)37-12-6-7-13-39(37)43(40)32-10-2-1-3-11-32/h2*1-27,44H. The molecule has 0 saturated heterocycles. The quantitative estimate of drug-likeness (QED) is 0.106. The number of rotatable bonds is 14. The molecule has 0 bridgehead atoms. The second-order valence-corrected chi connectivity index (χ2v) is 22.1. The molecule has 0 aliphatic heterocycles. The first-order valence-electron chi connectivity index (χ1n) is 30.0. The minimum absolute atomic E-state index is 0.568. The van der Waals surface area contributed by atoms with Gasteiger partial charge in [-0.1, -0.05) is 176 Å². The predicted molar refractivity (Wildman–Crippen MR) is 374 cm³/mol. The third kappa shape index (κ3) is 10.5. The van der Waals surface area contributed by atoms with Gasteiger partial charge in [0.05, 0.1) is 27.8 Å². The van der Waals surface area contributed by atoms with Crippen LogP contribution in [0, 0.1) is 0 Å². The van der Waals surface area contributed by atoms with Crippen LogP contribution in [0.25, 0.3) is 98.8 Å². The largest absolute Gasteiger partial charge is 0.569 e. The lowest BCUT2D eigenvalue weighted by Crippen LogP contribution is -2.10. The fraction of sp³-hybridized carbons (Fsp3) is 0. The van der Waals surface area contributed by atoms with E-state index in [1.807, 2.05) is 48.5 Å². The van der Waals surface area contributed by atoms with Crippen LogP contribution in [0.2, 0.25) is 0 Å². The van der Waals surface area contributed by atoms with Crippen LogP contribution in [-0.2, 0) is 0 Å². The number of aromatic nitrogens is 2. The zero-order valence-corrected chi connectivity index (χ0v) is 48.8. The molecular weight excluding hydrogens is 1100 g/mol.